The zero-order valence-corrected chi connectivity index (χ0v) is 12.6. The summed E-state index contributed by atoms with van der Waals surface area (Å²) in [6.45, 7) is 2.48. The fourth-order valence-electron chi connectivity index (χ4n) is 1.92. The third kappa shape index (κ3) is 4.39. The van der Waals surface area contributed by atoms with Gasteiger partial charge in [-0.05, 0) is 36.2 Å². The van der Waals surface area contributed by atoms with E-state index in [0.717, 1.165) is 5.56 Å². The zero-order valence-electron chi connectivity index (χ0n) is 11.8. The molecule has 0 aliphatic carbocycles. The van der Waals surface area contributed by atoms with Gasteiger partial charge in [0.1, 0.15) is 6.23 Å². The number of halogens is 1. The van der Waals surface area contributed by atoms with Gasteiger partial charge in [-0.3, -0.25) is 10.1 Å². The summed E-state index contributed by atoms with van der Waals surface area (Å²) in [5.41, 5.74) is 2.28. The largest absolute Gasteiger partial charge is 0.379 e. The van der Waals surface area contributed by atoms with Crippen LogP contribution in [0.5, 0.6) is 0 Å². The molecule has 0 aliphatic heterocycles. The zero-order chi connectivity index (χ0) is 15.2. The highest BCUT2D eigenvalue weighted by Gasteiger charge is 2.09. The number of aliphatic hydroxyl groups excluding tert-OH is 1. The first-order chi connectivity index (χ1) is 10.1. The number of hydrogen-bond donors (Lipinski definition) is 2. The van der Waals surface area contributed by atoms with Crippen molar-refractivity contribution in [1.29, 1.82) is 0 Å². The minimum absolute atomic E-state index is 0.0280. The Bertz CT molecular complexity index is 593. The lowest BCUT2D eigenvalue weighted by molar-refractivity contribution is 0.103. The third-order valence-electron chi connectivity index (χ3n) is 3.25. The average molecular weight is 304 g/mol. The molecule has 1 unspecified atom stereocenters. The molecule has 0 amide bonds. The second-order valence-corrected chi connectivity index (χ2v) is 5.27. The summed E-state index contributed by atoms with van der Waals surface area (Å²) in [4.78, 5) is 12.3. The van der Waals surface area contributed by atoms with Crippen LogP contribution in [0.1, 0.15) is 34.8 Å². The van der Waals surface area contributed by atoms with Crippen molar-refractivity contribution < 1.29 is 9.90 Å². The van der Waals surface area contributed by atoms with Crippen LogP contribution < -0.4 is 5.32 Å². The summed E-state index contributed by atoms with van der Waals surface area (Å²) < 4.78 is 0. The summed E-state index contributed by atoms with van der Waals surface area (Å²) >= 11 is 5.82. The van der Waals surface area contributed by atoms with Crippen LogP contribution in [0, 0.1) is 0 Å². The SMILES string of the molecule is CCC(O)NCc1ccc(C(=O)c2ccc(Cl)cc2)cc1. The quantitative estimate of drug-likeness (QED) is 0.635. The van der Waals surface area contributed by atoms with Gasteiger partial charge in [-0.15, -0.1) is 0 Å². The van der Waals surface area contributed by atoms with Gasteiger partial charge in [0.05, 0.1) is 0 Å². The van der Waals surface area contributed by atoms with E-state index in [1.165, 1.54) is 0 Å². The lowest BCUT2D eigenvalue weighted by Gasteiger charge is -2.10. The van der Waals surface area contributed by atoms with E-state index < -0.39 is 6.23 Å². The van der Waals surface area contributed by atoms with Crippen molar-refractivity contribution in [3.8, 4) is 0 Å². The first-order valence-corrected chi connectivity index (χ1v) is 7.28. The van der Waals surface area contributed by atoms with Crippen molar-refractivity contribution in [1.82, 2.24) is 5.32 Å². The summed E-state index contributed by atoms with van der Waals surface area (Å²) in [6, 6.07) is 14.2. The van der Waals surface area contributed by atoms with Gasteiger partial charge >= 0.3 is 0 Å². The number of hydrogen-bond acceptors (Lipinski definition) is 3. The molecule has 0 saturated heterocycles. The molecule has 2 aromatic carbocycles. The predicted molar refractivity (Wildman–Crippen MR) is 84.5 cm³/mol. The number of ketones is 1. The fourth-order valence-corrected chi connectivity index (χ4v) is 2.05. The maximum atomic E-state index is 12.3. The molecule has 0 bridgehead atoms. The molecule has 0 heterocycles. The van der Waals surface area contributed by atoms with Gasteiger partial charge in [0.15, 0.2) is 5.78 Å². The molecule has 110 valence electrons. The second-order valence-electron chi connectivity index (χ2n) is 4.84. The summed E-state index contributed by atoms with van der Waals surface area (Å²) in [5.74, 6) is -0.0280. The smallest absolute Gasteiger partial charge is 0.193 e. The molecule has 0 aromatic heterocycles. The maximum Gasteiger partial charge on any atom is 0.193 e. The van der Waals surface area contributed by atoms with E-state index in [4.69, 9.17) is 11.6 Å². The van der Waals surface area contributed by atoms with E-state index >= 15 is 0 Å². The Morgan fingerprint density at radius 1 is 1.10 bits per heavy atom. The Balaban J connectivity index is 2.04. The Morgan fingerprint density at radius 3 is 2.14 bits per heavy atom. The van der Waals surface area contributed by atoms with Crippen molar-refractivity contribution in [3.63, 3.8) is 0 Å². The molecule has 1 atom stereocenters. The lowest BCUT2D eigenvalue weighted by atomic mass is 10.0. The molecular weight excluding hydrogens is 286 g/mol. The van der Waals surface area contributed by atoms with E-state index in [1.807, 2.05) is 19.1 Å². The molecule has 0 radical (unpaired) electrons. The van der Waals surface area contributed by atoms with E-state index in [-0.39, 0.29) is 5.78 Å². The van der Waals surface area contributed by atoms with Crippen molar-refractivity contribution >= 4 is 17.4 Å². The molecule has 2 aromatic rings. The highest BCUT2D eigenvalue weighted by Crippen LogP contribution is 2.14. The minimum Gasteiger partial charge on any atom is -0.379 e. The molecule has 4 heteroatoms. The fraction of sp³-hybridized carbons (Fsp3) is 0.235. The highest BCUT2D eigenvalue weighted by atomic mass is 35.5. The van der Waals surface area contributed by atoms with Crippen molar-refractivity contribution in [2.75, 3.05) is 0 Å². The summed E-state index contributed by atoms with van der Waals surface area (Å²) in [5, 5.41) is 13.1. The number of nitrogens with one attached hydrogen (secondary N) is 1. The van der Waals surface area contributed by atoms with E-state index in [1.54, 1.807) is 36.4 Å². The van der Waals surface area contributed by atoms with Crippen LogP contribution in [-0.2, 0) is 6.54 Å². The third-order valence-corrected chi connectivity index (χ3v) is 3.50. The maximum absolute atomic E-state index is 12.3. The molecule has 3 nitrogen and oxygen atoms in total. The topological polar surface area (TPSA) is 49.3 Å². The minimum atomic E-state index is -0.500. The Hall–Kier alpha value is -1.68. The molecular formula is C17H18ClNO2. The number of carbonyl (C=O) groups is 1. The van der Waals surface area contributed by atoms with E-state index in [2.05, 4.69) is 5.32 Å². The molecule has 0 fully saturated rings. The monoisotopic (exact) mass is 303 g/mol. The number of aliphatic hydroxyl groups is 1. The van der Waals surface area contributed by atoms with E-state index in [0.29, 0.717) is 29.1 Å². The van der Waals surface area contributed by atoms with Crippen LogP contribution in [0.15, 0.2) is 48.5 Å². The number of benzene rings is 2. The Morgan fingerprint density at radius 2 is 1.62 bits per heavy atom. The second kappa shape index (κ2) is 7.36. The highest BCUT2D eigenvalue weighted by molar-refractivity contribution is 6.30. The van der Waals surface area contributed by atoms with Crippen LogP contribution in [0.3, 0.4) is 0 Å². The van der Waals surface area contributed by atoms with Gasteiger partial charge in [0.2, 0.25) is 0 Å². The van der Waals surface area contributed by atoms with Crippen LogP contribution in [-0.4, -0.2) is 17.1 Å². The molecule has 0 aliphatic rings. The summed E-state index contributed by atoms with van der Waals surface area (Å²) in [7, 11) is 0. The first kappa shape index (κ1) is 15.7. The van der Waals surface area contributed by atoms with Gasteiger partial charge in [-0.1, -0.05) is 42.8 Å². The van der Waals surface area contributed by atoms with Crippen LogP contribution in [0.2, 0.25) is 5.02 Å². The van der Waals surface area contributed by atoms with Crippen LogP contribution in [0.4, 0.5) is 0 Å². The van der Waals surface area contributed by atoms with Gasteiger partial charge in [0.25, 0.3) is 0 Å². The van der Waals surface area contributed by atoms with Crippen molar-refractivity contribution in [3.05, 3.63) is 70.2 Å². The normalized spacial score (nSPS) is 12.1. The number of rotatable bonds is 6. The first-order valence-electron chi connectivity index (χ1n) is 6.91. The molecule has 21 heavy (non-hydrogen) atoms. The van der Waals surface area contributed by atoms with Gasteiger partial charge in [-0.25, -0.2) is 0 Å². The van der Waals surface area contributed by atoms with E-state index in [9.17, 15) is 9.90 Å². The molecule has 0 spiro atoms. The van der Waals surface area contributed by atoms with Crippen molar-refractivity contribution in [2.45, 2.75) is 26.1 Å². The predicted octanol–water partition coefficient (Wildman–Crippen LogP) is 3.39. The molecule has 0 saturated carbocycles. The van der Waals surface area contributed by atoms with Crippen LogP contribution >= 0.6 is 11.6 Å². The van der Waals surface area contributed by atoms with Gasteiger partial charge in [-0.2, -0.15) is 0 Å². The van der Waals surface area contributed by atoms with Crippen LogP contribution in [0.25, 0.3) is 0 Å². The van der Waals surface area contributed by atoms with Gasteiger partial charge < -0.3 is 5.11 Å². The average Bonchev–Trinajstić information content (AvgIpc) is 2.53. The summed E-state index contributed by atoms with van der Waals surface area (Å²) in [6.07, 6.45) is 0.160. The number of carbonyl (C=O) groups excluding carboxylic acids is 1. The van der Waals surface area contributed by atoms with Gasteiger partial charge in [0, 0.05) is 22.7 Å². The molecule has 2 N–H and O–H groups in total. The Kier molecular flexibility index (Phi) is 5.51. The lowest BCUT2D eigenvalue weighted by Crippen LogP contribution is -2.27. The molecule has 2 rings (SSSR count). The standard InChI is InChI=1S/C17H18ClNO2/c1-2-16(20)19-11-12-3-5-13(6-4-12)17(21)14-7-9-15(18)10-8-14/h3-10,16,19-20H,2,11H2,1H3. The van der Waals surface area contributed by atoms with Crippen molar-refractivity contribution in [2.24, 2.45) is 0 Å². The Labute approximate surface area is 129 Å².